The van der Waals surface area contributed by atoms with Gasteiger partial charge < -0.3 is 25.3 Å². The molecule has 7 heteroatoms. The molecular formula is C21H30N6O. The molecule has 0 saturated carbocycles. The molecule has 150 valence electrons. The summed E-state index contributed by atoms with van der Waals surface area (Å²) in [6, 6.07) is 11.9. The standard InChI is InChI=1S/C21H30N6O/c1-25(2)11-10-23-21(28)17-8-9-22-20(16-17)24-18-4-6-19(7-5-18)27-14-12-26(3)13-15-27/h4-9,16H,10-15H2,1-3H3,(H,22,24)(H,23,28). The zero-order valence-electron chi connectivity index (χ0n) is 17.0. The zero-order chi connectivity index (χ0) is 19.9. The number of aromatic nitrogens is 1. The van der Waals surface area contributed by atoms with Gasteiger partial charge >= 0.3 is 0 Å². The maximum absolute atomic E-state index is 12.3. The molecule has 1 aromatic carbocycles. The molecule has 0 unspecified atom stereocenters. The van der Waals surface area contributed by atoms with Crippen molar-refractivity contribution in [3.05, 3.63) is 48.2 Å². The molecule has 0 atom stereocenters. The molecule has 2 heterocycles. The van der Waals surface area contributed by atoms with Gasteiger partial charge in [0.2, 0.25) is 0 Å². The number of nitrogens with one attached hydrogen (secondary N) is 2. The number of carbonyl (C=O) groups excluding carboxylic acids is 1. The Hall–Kier alpha value is -2.64. The van der Waals surface area contributed by atoms with Crippen LogP contribution in [0, 0.1) is 0 Å². The normalized spacial score (nSPS) is 14.9. The quantitative estimate of drug-likeness (QED) is 0.762. The lowest BCUT2D eigenvalue weighted by Gasteiger charge is -2.34. The summed E-state index contributed by atoms with van der Waals surface area (Å²) in [5, 5.41) is 6.21. The summed E-state index contributed by atoms with van der Waals surface area (Å²) in [6.45, 7) is 5.71. The number of pyridine rings is 1. The number of hydrogen-bond donors (Lipinski definition) is 2. The van der Waals surface area contributed by atoms with Crippen molar-refractivity contribution in [3.8, 4) is 0 Å². The van der Waals surface area contributed by atoms with Gasteiger partial charge in [0, 0.05) is 62.4 Å². The Balaban J connectivity index is 1.58. The van der Waals surface area contributed by atoms with E-state index in [2.05, 4.69) is 56.7 Å². The van der Waals surface area contributed by atoms with Crippen molar-refractivity contribution in [2.24, 2.45) is 0 Å². The Morgan fingerprint density at radius 2 is 1.82 bits per heavy atom. The minimum absolute atomic E-state index is 0.0854. The average Bonchev–Trinajstić information content (AvgIpc) is 2.69. The van der Waals surface area contributed by atoms with Crippen molar-refractivity contribution in [2.45, 2.75) is 0 Å². The molecule has 28 heavy (non-hydrogen) atoms. The second kappa shape index (κ2) is 9.52. The first-order chi connectivity index (χ1) is 13.5. The molecule has 1 aliphatic rings. The number of rotatable bonds is 7. The van der Waals surface area contributed by atoms with E-state index in [0.29, 0.717) is 17.9 Å². The van der Waals surface area contributed by atoms with Gasteiger partial charge in [0.1, 0.15) is 5.82 Å². The second-order valence-electron chi connectivity index (χ2n) is 7.45. The highest BCUT2D eigenvalue weighted by Crippen LogP contribution is 2.21. The molecular weight excluding hydrogens is 352 g/mol. The summed E-state index contributed by atoms with van der Waals surface area (Å²) in [5.41, 5.74) is 2.79. The molecule has 1 saturated heterocycles. The maximum atomic E-state index is 12.3. The maximum Gasteiger partial charge on any atom is 0.251 e. The van der Waals surface area contributed by atoms with Crippen LogP contribution in [0.15, 0.2) is 42.6 Å². The summed E-state index contributed by atoms with van der Waals surface area (Å²) < 4.78 is 0. The molecule has 2 N–H and O–H groups in total. The molecule has 1 amide bonds. The van der Waals surface area contributed by atoms with Crippen molar-refractivity contribution in [1.29, 1.82) is 0 Å². The molecule has 0 spiro atoms. The number of amides is 1. The molecule has 7 nitrogen and oxygen atoms in total. The summed E-state index contributed by atoms with van der Waals surface area (Å²) in [4.78, 5) is 23.4. The molecule has 1 aliphatic heterocycles. The van der Waals surface area contributed by atoms with E-state index in [4.69, 9.17) is 0 Å². The van der Waals surface area contributed by atoms with Crippen LogP contribution in [-0.2, 0) is 0 Å². The van der Waals surface area contributed by atoms with Gasteiger partial charge in [0.25, 0.3) is 5.91 Å². The summed E-state index contributed by atoms with van der Waals surface area (Å²) >= 11 is 0. The van der Waals surface area contributed by atoms with E-state index in [1.54, 1.807) is 18.3 Å². The van der Waals surface area contributed by atoms with Crippen LogP contribution in [0.2, 0.25) is 0 Å². The van der Waals surface area contributed by atoms with Crippen LogP contribution in [0.3, 0.4) is 0 Å². The highest BCUT2D eigenvalue weighted by atomic mass is 16.1. The Kier molecular flexibility index (Phi) is 6.84. The zero-order valence-corrected chi connectivity index (χ0v) is 17.0. The van der Waals surface area contributed by atoms with Gasteiger partial charge in [-0.1, -0.05) is 0 Å². The van der Waals surface area contributed by atoms with Gasteiger partial charge in [-0.05, 0) is 57.5 Å². The first-order valence-corrected chi connectivity index (χ1v) is 9.71. The molecule has 1 aromatic heterocycles. The lowest BCUT2D eigenvalue weighted by Crippen LogP contribution is -2.44. The number of benzene rings is 1. The molecule has 0 aliphatic carbocycles. The van der Waals surface area contributed by atoms with Gasteiger partial charge in [-0.2, -0.15) is 0 Å². The number of hydrogen-bond acceptors (Lipinski definition) is 6. The summed E-state index contributed by atoms with van der Waals surface area (Å²) in [7, 11) is 6.12. The van der Waals surface area contributed by atoms with Crippen LogP contribution in [0.4, 0.5) is 17.2 Å². The molecule has 0 bridgehead atoms. The van der Waals surface area contributed by atoms with Crippen LogP contribution < -0.4 is 15.5 Å². The van der Waals surface area contributed by atoms with Crippen molar-refractivity contribution in [3.63, 3.8) is 0 Å². The SMILES string of the molecule is CN(C)CCNC(=O)c1ccnc(Nc2ccc(N3CCN(C)CC3)cc2)c1. The van der Waals surface area contributed by atoms with E-state index in [1.165, 1.54) is 5.69 Å². The average molecular weight is 383 g/mol. The van der Waals surface area contributed by atoms with E-state index in [0.717, 1.165) is 38.4 Å². The van der Waals surface area contributed by atoms with Crippen molar-refractivity contribution in [1.82, 2.24) is 20.1 Å². The summed E-state index contributed by atoms with van der Waals surface area (Å²) in [5.74, 6) is 0.574. The van der Waals surface area contributed by atoms with Crippen LogP contribution in [0.1, 0.15) is 10.4 Å². The Morgan fingerprint density at radius 3 is 2.50 bits per heavy atom. The fourth-order valence-electron chi connectivity index (χ4n) is 3.10. The smallest absolute Gasteiger partial charge is 0.251 e. The van der Waals surface area contributed by atoms with Crippen molar-refractivity contribution >= 4 is 23.1 Å². The third-order valence-corrected chi connectivity index (χ3v) is 4.87. The molecule has 3 rings (SSSR count). The molecule has 1 fully saturated rings. The van der Waals surface area contributed by atoms with Gasteiger partial charge in [0.05, 0.1) is 0 Å². The predicted molar refractivity (Wildman–Crippen MR) is 115 cm³/mol. The largest absolute Gasteiger partial charge is 0.369 e. The third kappa shape index (κ3) is 5.68. The van der Waals surface area contributed by atoms with Gasteiger partial charge in [-0.3, -0.25) is 4.79 Å². The van der Waals surface area contributed by atoms with E-state index >= 15 is 0 Å². The number of likely N-dealkylation sites (N-methyl/N-ethyl adjacent to an activating group) is 2. The number of carbonyl (C=O) groups is 1. The fraction of sp³-hybridized carbons (Fsp3) is 0.429. The van der Waals surface area contributed by atoms with E-state index in [1.807, 2.05) is 19.0 Å². The summed E-state index contributed by atoms with van der Waals surface area (Å²) in [6.07, 6.45) is 1.65. The van der Waals surface area contributed by atoms with Crippen molar-refractivity contribution in [2.75, 3.05) is 70.6 Å². The van der Waals surface area contributed by atoms with Crippen LogP contribution in [-0.4, -0.2) is 81.1 Å². The molecule has 2 aromatic rings. The van der Waals surface area contributed by atoms with Crippen LogP contribution >= 0.6 is 0 Å². The predicted octanol–water partition coefficient (Wildman–Crippen LogP) is 1.87. The van der Waals surface area contributed by atoms with E-state index < -0.39 is 0 Å². The van der Waals surface area contributed by atoms with Crippen molar-refractivity contribution < 1.29 is 4.79 Å². The van der Waals surface area contributed by atoms with Crippen LogP contribution in [0.25, 0.3) is 0 Å². The lowest BCUT2D eigenvalue weighted by molar-refractivity contribution is 0.0951. The third-order valence-electron chi connectivity index (χ3n) is 4.87. The van der Waals surface area contributed by atoms with Gasteiger partial charge in [-0.25, -0.2) is 4.98 Å². The number of piperazine rings is 1. The first kappa shape index (κ1) is 20.1. The Bertz CT molecular complexity index is 769. The minimum Gasteiger partial charge on any atom is -0.369 e. The highest BCUT2D eigenvalue weighted by Gasteiger charge is 2.14. The van der Waals surface area contributed by atoms with Crippen LogP contribution in [0.5, 0.6) is 0 Å². The highest BCUT2D eigenvalue weighted by molar-refractivity contribution is 5.94. The van der Waals surface area contributed by atoms with E-state index in [9.17, 15) is 4.79 Å². The van der Waals surface area contributed by atoms with Gasteiger partial charge in [-0.15, -0.1) is 0 Å². The second-order valence-corrected chi connectivity index (χ2v) is 7.45. The lowest BCUT2D eigenvalue weighted by atomic mass is 10.2. The van der Waals surface area contributed by atoms with E-state index in [-0.39, 0.29) is 5.91 Å². The minimum atomic E-state index is -0.0854. The van der Waals surface area contributed by atoms with Gasteiger partial charge in [0.15, 0.2) is 0 Å². The molecule has 0 radical (unpaired) electrons. The topological polar surface area (TPSA) is 63.7 Å². The number of anilines is 3. The fourth-order valence-corrected chi connectivity index (χ4v) is 3.10. The Labute approximate surface area is 167 Å². The Morgan fingerprint density at radius 1 is 1.11 bits per heavy atom. The first-order valence-electron chi connectivity index (χ1n) is 9.71. The monoisotopic (exact) mass is 382 g/mol. The number of nitrogens with zero attached hydrogens (tertiary/aromatic N) is 4.